The van der Waals surface area contributed by atoms with E-state index in [4.69, 9.17) is 12.2 Å². The fraction of sp³-hybridized carbons (Fsp3) is 0.190. The number of anilines is 1. The Morgan fingerprint density at radius 1 is 1.19 bits per heavy atom. The molecule has 1 aliphatic rings. The molecule has 6 nitrogen and oxygen atoms in total. The molecule has 2 aromatic rings. The molecule has 3 rings (SSSR count). The number of phenolic OH excluding ortho intramolecular Hbond substituents is 2. The molecule has 0 radical (unpaired) electrons. The maximum Gasteiger partial charge on any atom is 0.418 e. The van der Waals surface area contributed by atoms with Gasteiger partial charge in [0.05, 0.1) is 16.2 Å². The molecule has 0 aliphatic carbocycles. The second-order valence-electron chi connectivity index (χ2n) is 6.77. The van der Waals surface area contributed by atoms with Gasteiger partial charge in [0.15, 0.2) is 0 Å². The summed E-state index contributed by atoms with van der Waals surface area (Å²) in [5, 5.41) is 21.5. The van der Waals surface area contributed by atoms with E-state index in [1.807, 2.05) is 0 Å². The van der Waals surface area contributed by atoms with Gasteiger partial charge < -0.3 is 15.5 Å². The molecule has 1 aliphatic heterocycles. The van der Waals surface area contributed by atoms with E-state index in [1.165, 1.54) is 41.3 Å². The number of benzene rings is 2. The highest BCUT2D eigenvalue weighted by atomic mass is 32.2. The van der Waals surface area contributed by atoms with Crippen molar-refractivity contribution in [3.05, 3.63) is 58.5 Å². The number of alkyl halides is 3. The van der Waals surface area contributed by atoms with Gasteiger partial charge in [0.2, 0.25) is 5.91 Å². The molecule has 32 heavy (non-hydrogen) atoms. The first-order valence-corrected chi connectivity index (χ1v) is 10.5. The van der Waals surface area contributed by atoms with Crippen LogP contribution in [-0.2, 0) is 15.8 Å². The standard InChI is InChI=1S/C21H17F3N2O4S2/c22-21(23,24)14-4-1-2-5-15(14)25-18(29)6-3-9-26-19(30)17(32-20(26)31)10-12-7-8-13(27)11-16(12)28/h1-2,4-5,7-8,10-11,27-28H,3,6,9H2,(H,25,29)/b17-10-. The Morgan fingerprint density at radius 3 is 2.59 bits per heavy atom. The van der Waals surface area contributed by atoms with E-state index < -0.39 is 23.6 Å². The highest BCUT2D eigenvalue weighted by molar-refractivity contribution is 8.26. The third-order valence-electron chi connectivity index (χ3n) is 4.47. The number of thiocarbonyl (C=S) groups is 1. The van der Waals surface area contributed by atoms with Gasteiger partial charge in [0, 0.05) is 24.6 Å². The summed E-state index contributed by atoms with van der Waals surface area (Å²) in [5.74, 6) is -1.35. The number of halogens is 3. The minimum Gasteiger partial charge on any atom is -0.508 e. The fourth-order valence-electron chi connectivity index (χ4n) is 2.94. The number of thioether (sulfide) groups is 1. The van der Waals surface area contributed by atoms with Crippen LogP contribution in [0.1, 0.15) is 24.0 Å². The van der Waals surface area contributed by atoms with Crippen LogP contribution in [0.5, 0.6) is 11.5 Å². The Bertz CT molecular complexity index is 1100. The normalized spacial score (nSPS) is 15.5. The summed E-state index contributed by atoms with van der Waals surface area (Å²) in [7, 11) is 0. The number of nitrogens with zero attached hydrogens (tertiary/aromatic N) is 1. The zero-order valence-electron chi connectivity index (χ0n) is 16.3. The summed E-state index contributed by atoms with van der Waals surface area (Å²) in [5.41, 5.74) is -0.939. The highest BCUT2D eigenvalue weighted by Gasteiger charge is 2.34. The maximum absolute atomic E-state index is 13.0. The summed E-state index contributed by atoms with van der Waals surface area (Å²) in [4.78, 5) is 26.3. The maximum atomic E-state index is 13.0. The molecular formula is C21H17F3N2O4S2. The van der Waals surface area contributed by atoms with Gasteiger partial charge in [-0.1, -0.05) is 36.1 Å². The average molecular weight is 483 g/mol. The molecule has 1 saturated heterocycles. The molecule has 1 heterocycles. The number of carbonyl (C=O) groups excluding carboxylic acids is 2. The number of hydrogen-bond donors (Lipinski definition) is 3. The quantitative estimate of drug-likeness (QED) is 0.407. The van der Waals surface area contributed by atoms with E-state index in [0.29, 0.717) is 5.56 Å². The van der Waals surface area contributed by atoms with Gasteiger partial charge in [-0.3, -0.25) is 14.5 Å². The van der Waals surface area contributed by atoms with Gasteiger partial charge in [-0.15, -0.1) is 0 Å². The van der Waals surface area contributed by atoms with E-state index in [-0.39, 0.29) is 45.8 Å². The van der Waals surface area contributed by atoms with Crippen molar-refractivity contribution in [3.8, 4) is 11.5 Å². The molecule has 0 atom stereocenters. The molecule has 2 amide bonds. The molecule has 0 aromatic heterocycles. The Kier molecular flexibility index (Phi) is 7.09. The fourth-order valence-corrected chi connectivity index (χ4v) is 4.24. The van der Waals surface area contributed by atoms with E-state index in [0.717, 1.165) is 23.9 Å². The van der Waals surface area contributed by atoms with Crippen molar-refractivity contribution >= 4 is 51.9 Å². The van der Waals surface area contributed by atoms with Crippen LogP contribution in [0.15, 0.2) is 47.4 Å². The van der Waals surface area contributed by atoms with Crippen molar-refractivity contribution in [1.82, 2.24) is 4.90 Å². The molecule has 0 unspecified atom stereocenters. The summed E-state index contributed by atoms with van der Waals surface area (Å²) >= 11 is 6.23. The number of amides is 2. The van der Waals surface area contributed by atoms with Gasteiger partial charge in [-0.2, -0.15) is 13.2 Å². The van der Waals surface area contributed by atoms with Crippen LogP contribution < -0.4 is 5.32 Å². The van der Waals surface area contributed by atoms with Crippen molar-refractivity contribution < 1.29 is 33.0 Å². The van der Waals surface area contributed by atoms with Gasteiger partial charge >= 0.3 is 6.18 Å². The number of rotatable bonds is 6. The van der Waals surface area contributed by atoms with Crippen LogP contribution in [-0.4, -0.2) is 37.8 Å². The minimum atomic E-state index is -4.59. The van der Waals surface area contributed by atoms with Crippen molar-refractivity contribution in [3.63, 3.8) is 0 Å². The number of aromatic hydroxyl groups is 2. The SMILES string of the molecule is O=C(CCCN1C(=O)/C(=C/c2ccc(O)cc2O)SC1=S)Nc1ccccc1C(F)(F)F. The van der Waals surface area contributed by atoms with Gasteiger partial charge in [-0.25, -0.2) is 0 Å². The number of nitrogens with one attached hydrogen (secondary N) is 1. The molecule has 1 fully saturated rings. The largest absolute Gasteiger partial charge is 0.508 e. The molecule has 3 N–H and O–H groups in total. The molecule has 0 spiro atoms. The second-order valence-corrected chi connectivity index (χ2v) is 8.45. The smallest absolute Gasteiger partial charge is 0.418 e. The summed E-state index contributed by atoms with van der Waals surface area (Å²) in [6, 6.07) is 8.63. The van der Waals surface area contributed by atoms with Crippen LogP contribution in [0.4, 0.5) is 18.9 Å². The van der Waals surface area contributed by atoms with E-state index in [9.17, 15) is 33.0 Å². The zero-order chi connectivity index (χ0) is 23.5. The molecule has 0 bridgehead atoms. The molecule has 168 valence electrons. The van der Waals surface area contributed by atoms with Gasteiger partial charge in [-0.05, 0) is 36.8 Å². The Hall–Kier alpha value is -3.05. The number of carbonyl (C=O) groups is 2. The molecule has 11 heteroatoms. The predicted octanol–water partition coefficient (Wildman–Crippen LogP) is 4.74. The van der Waals surface area contributed by atoms with Gasteiger partial charge in [0.1, 0.15) is 15.8 Å². The first kappa shape index (κ1) is 23.6. The average Bonchev–Trinajstić information content (AvgIpc) is 2.97. The lowest BCUT2D eigenvalue weighted by Gasteiger charge is -2.15. The van der Waals surface area contributed by atoms with Crippen molar-refractivity contribution in [2.75, 3.05) is 11.9 Å². The van der Waals surface area contributed by atoms with E-state index in [2.05, 4.69) is 5.32 Å². The summed E-state index contributed by atoms with van der Waals surface area (Å²) in [6.07, 6.45) is -3.08. The number of hydrogen-bond acceptors (Lipinski definition) is 6. The topological polar surface area (TPSA) is 89.9 Å². The predicted molar refractivity (Wildman–Crippen MR) is 119 cm³/mol. The number of para-hydroxylation sites is 1. The van der Waals surface area contributed by atoms with Crippen LogP contribution in [0.25, 0.3) is 6.08 Å². The third-order valence-corrected chi connectivity index (χ3v) is 5.84. The summed E-state index contributed by atoms with van der Waals surface area (Å²) < 4.78 is 39.4. The van der Waals surface area contributed by atoms with Crippen LogP contribution in [0, 0.1) is 0 Å². The first-order chi connectivity index (χ1) is 15.1. The lowest BCUT2D eigenvalue weighted by atomic mass is 10.1. The van der Waals surface area contributed by atoms with Crippen LogP contribution in [0.3, 0.4) is 0 Å². The van der Waals surface area contributed by atoms with Crippen LogP contribution >= 0.6 is 24.0 Å². The lowest BCUT2D eigenvalue weighted by Crippen LogP contribution is -2.29. The van der Waals surface area contributed by atoms with Gasteiger partial charge in [0.25, 0.3) is 5.91 Å². The lowest BCUT2D eigenvalue weighted by molar-refractivity contribution is -0.137. The van der Waals surface area contributed by atoms with Crippen molar-refractivity contribution in [1.29, 1.82) is 0 Å². The Balaban J connectivity index is 1.58. The van der Waals surface area contributed by atoms with Crippen molar-refractivity contribution in [2.45, 2.75) is 19.0 Å². The first-order valence-electron chi connectivity index (χ1n) is 9.29. The number of phenols is 2. The summed E-state index contributed by atoms with van der Waals surface area (Å²) in [6.45, 7) is 0.109. The molecule has 2 aromatic carbocycles. The second kappa shape index (κ2) is 9.61. The van der Waals surface area contributed by atoms with E-state index in [1.54, 1.807) is 0 Å². The monoisotopic (exact) mass is 482 g/mol. The molecular weight excluding hydrogens is 465 g/mol. The zero-order valence-corrected chi connectivity index (χ0v) is 18.0. The Labute approximate surface area is 190 Å². The Morgan fingerprint density at radius 2 is 1.91 bits per heavy atom. The third kappa shape index (κ3) is 5.60. The highest BCUT2D eigenvalue weighted by Crippen LogP contribution is 2.36. The van der Waals surface area contributed by atoms with Crippen LogP contribution in [0.2, 0.25) is 0 Å². The van der Waals surface area contributed by atoms with E-state index >= 15 is 0 Å². The minimum absolute atomic E-state index is 0.109. The van der Waals surface area contributed by atoms with Crippen molar-refractivity contribution in [2.24, 2.45) is 0 Å². The molecule has 0 saturated carbocycles.